The summed E-state index contributed by atoms with van der Waals surface area (Å²) in [6.45, 7) is 0. The third-order valence-electron chi connectivity index (χ3n) is 4.09. The van der Waals surface area contributed by atoms with Crippen LogP contribution in [0.4, 0.5) is 11.4 Å². The van der Waals surface area contributed by atoms with E-state index in [2.05, 4.69) is 10.0 Å². The molecule has 0 spiro atoms. The molecule has 8 heteroatoms. The fourth-order valence-corrected chi connectivity index (χ4v) is 3.70. The zero-order valence-electron chi connectivity index (χ0n) is 15.9. The van der Waals surface area contributed by atoms with Crippen molar-refractivity contribution in [3.8, 4) is 11.5 Å². The fourth-order valence-electron chi connectivity index (χ4n) is 2.63. The highest BCUT2D eigenvalue weighted by molar-refractivity contribution is 7.92. The first kappa shape index (κ1) is 20.2. The maximum Gasteiger partial charge on any atom is 0.261 e. The second kappa shape index (κ2) is 8.66. The lowest BCUT2D eigenvalue weighted by atomic mass is 10.2. The highest BCUT2D eigenvalue weighted by Gasteiger charge is 2.15. The summed E-state index contributed by atoms with van der Waals surface area (Å²) >= 11 is 0. The number of ether oxygens (including phenoxy) is 2. The topological polar surface area (TPSA) is 93.7 Å². The van der Waals surface area contributed by atoms with E-state index in [4.69, 9.17) is 9.47 Å². The molecule has 3 rings (SSSR count). The molecule has 0 aliphatic heterocycles. The van der Waals surface area contributed by atoms with Gasteiger partial charge < -0.3 is 14.8 Å². The molecule has 3 aromatic rings. The number of benzene rings is 3. The van der Waals surface area contributed by atoms with Crippen molar-refractivity contribution in [1.29, 1.82) is 0 Å². The van der Waals surface area contributed by atoms with E-state index in [0.29, 0.717) is 17.2 Å². The average Bonchev–Trinajstić information content (AvgIpc) is 2.74. The molecule has 0 heterocycles. The van der Waals surface area contributed by atoms with E-state index in [-0.39, 0.29) is 16.1 Å². The van der Waals surface area contributed by atoms with Crippen LogP contribution in [0.1, 0.15) is 10.4 Å². The van der Waals surface area contributed by atoms with Crippen molar-refractivity contribution in [2.75, 3.05) is 24.3 Å². The summed E-state index contributed by atoms with van der Waals surface area (Å²) in [4.78, 5) is 12.8. The minimum absolute atomic E-state index is 0.137. The Morgan fingerprint density at radius 3 is 2.31 bits per heavy atom. The Morgan fingerprint density at radius 1 is 0.862 bits per heavy atom. The normalized spacial score (nSPS) is 10.8. The highest BCUT2D eigenvalue weighted by Crippen LogP contribution is 2.29. The Balaban J connectivity index is 1.80. The van der Waals surface area contributed by atoms with Crippen LogP contribution in [-0.2, 0) is 10.0 Å². The lowest BCUT2D eigenvalue weighted by Crippen LogP contribution is -2.15. The van der Waals surface area contributed by atoms with Gasteiger partial charge in [0.25, 0.3) is 15.9 Å². The monoisotopic (exact) mass is 412 g/mol. The Labute approximate surface area is 169 Å². The largest absolute Gasteiger partial charge is 0.497 e. The maximum absolute atomic E-state index is 12.6. The number of nitrogens with one attached hydrogen (secondary N) is 2. The SMILES string of the molecule is COc1ccc(NC(=O)c2cccc(NS(=O)(=O)c3ccccc3)c2)c(OC)c1. The third-order valence-corrected chi connectivity index (χ3v) is 5.48. The van der Waals surface area contributed by atoms with Crippen LogP contribution in [0.3, 0.4) is 0 Å². The van der Waals surface area contributed by atoms with Gasteiger partial charge in [-0.1, -0.05) is 24.3 Å². The Morgan fingerprint density at radius 2 is 1.62 bits per heavy atom. The van der Waals surface area contributed by atoms with Gasteiger partial charge in [-0.25, -0.2) is 8.42 Å². The first-order valence-electron chi connectivity index (χ1n) is 8.64. The number of carbonyl (C=O) groups excluding carboxylic acids is 1. The Kier molecular flexibility index (Phi) is 6.04. The summed E-state index contributed by atoms with van der Waals surface area (Å²) in [6.07, 6.45) is 0. The van der Waals surface area contributed by atoms with Gasteiger partial charge in [0.05, 0.1) is 24.8 Å². The number of amides is 1. The Hall–Kier alpha value is -3.52. The standard InChI is InChI=1S/C21H20N2O5S/c1-27-17-11-12-19(20(14-17)28-2)22-21(24)15-7-6-8-16(13-15)23-29(25,26)18-9-4-3-5-10-18/h3-14,23H,1-2H3,(H,22,24). The van der Waals surface area contributed by atoms with Gasteiger partial charge in [0, 0.05) is 17.3 Å². The highest BCUT2D eigenvalue weighted by atomic mass is 32.2. The van der Waals surface area contributed by atoms with E-state index in [1.54, 1.807) is 54.6 Å². The lowest BCUT2D eigenvalue weighted by Gasteiger charge is -2.12. The molecule has 0 radical (unpaired) electrons. The van der Waals surface area contributed by atoms with Crippen LogP contribution >= 0.6 is 0 Å². The number of hydrogen-bond donors (Lipinski definition) is 2. The van der Waals surface area contributed by atoms with E-state index in [1.165, 1.54) is 32.4 Å². The van der Waals surface area contributed by atoms with Crippen molar-refractivity contribution in [2.45, 2.75) is 4.90 Å². The second-order valence-corrected chi connectivity index (χ2v) is 7.70. The van der Waals surface area contributed by atoms with Crippen LogP contribution in [-0.4, -0.2) is 28.5 Å². The van der Waals surface area contributed by atoms with E-state index in [0.717, 1.165) is 0 Å². The van der Waals surface area contributed by atoms with Crippen molar-refractivity contribution in [2.24, 2.45) is 0 Å². The zero-order valence-corrected chi connectivity index (χ0v) is 16.7. The molecule has 2 N–H and O–H groups in total. The molecule has 0 atom stereocenters. The molecule has 0 saturated heterocycles. The average molecular weight is 412 g/mol. The predicted octanol–water partition coefficient (Wildman–Crippen LogP) is 3.76. The number of sulfonamides is 1. The second-order valence-electron chi connectivity index (χ2n) is 6.02. The van der Waals surface area contributed by atoms with Gasteiger partial charge in [-0.15, -0.1) is 0 Å². The number of rotatable bonds is 7. The molecule has 7 nitrogen and oxygen atoms in total. The fraction of sp³-hybridized carbons (Fsp3) is 0.0952. The molecule has 3 aromatic carbocycles. The van der Waals surface area contributed by atoms with Gasteiger partial charge in [0.2, 0.25) is 0 Å². The first-order valence-corrected chi connectivity index (χ1v) is 10.1. The molecule has 0 saturated carbocycles. The summed E-state index contributed by atoms with van der Waals surface area (Å²) < 4.78 is 37.9. The summed E-state index contributed by atoms with van der Waals surface area (Å²) in [6, 6.07) is 19.2. The van der Waals surface area contributed by atoms with Crippen LogP contribution in [0, 0.1) is 0 Å². The predicted molar refractivity (Wildman–Crippen MR) is 111 cm³/mol. The molecule has 29 heavy (non-hydrogen) atoms. The van der Waals surface area contributed by atoms with E-state index in [1.807, 2.05) is 0 Å². The van der Waals surface area contributed by atoms with E-state index in [9.17, 15) is 13.2 Å². The van der Waals surface area contributed by atoms with Crippen LogP contribution < -0.4 is 19.5 Å². The van der Waals surface area contributed by atoms with Gasteiger partial charge in [0.1, 0.15) is 11.5 Å². The molecule has 0 aliphatic carbocycles. The van der Waals surface area contributed by atoms with Gasteiger partial charge in [-0.3, -0.25) is 9.52 Å². The van der Waals surface area contributed by atoms with Crippen LogP contribution in [0.15, 0.2) is 77.7 Å². The van der Waals surface area contributed by atoms with Crippen molar-refractivity contribution in [1.82, 2.24) is 0 Å². The quantitative estimate of drug-likeness (QED) is 0.616. The summed E-state index contributed by atoms with van der Waals surface area (Å²) in [5.74, 6) is 0.630. The van der Waals surface area contributed by atoms with Gasteiger partial charge >= 0.3 is 0 Å². The van der Waals surface area contributed by atoms with E-state index >= 15 is 0 Å². The van der Waals surface area contributed by atoms with Crippen molar-refractivity contribution in [3.63, 3.8) is 0 Å². The minimum atomic E-state index is -3.75. The van der Waals surface area contributed by atoms with Crippen molar-refractivity contribution < 1.29 is 22.7 Å². The number of anilines is 2. The zero-order chi connectivity index (χ0) is 20.9. The van der Waals surface area contributed by atoms with Crippen LogP contribution in [0.5, 0.6) is 11.5 Å². The lowest BCUT2D eigenvalue weighted by molar-refractivity contribution is 0.102. The molecule has 0 bridgehead atoms. The summed E-state index contributed by atoms with van der Waals surface area (Å²) in [7, 11) is -0.722. The van der Waals surface area contributed by atoms with Gasteiger partial charge in [-0.2, -0.15) is 0 Å². The van der Waals surface area contributed by atoms with Gasteiger partial charge in [-0.05, 0) is 42.5 Å². The molecule has 150 valence electrons. The number of carbonyl (C=O) groups is 1. The molecule has 1 amide bonds. The van der Waals surface area contributed by atoms with Crippen molar-refractivity contribution >= 4 is 27.3 Å². The maximum atomic E-state index is 12.6. The van der Waals surface area contributed by atoms with Crippen molar-refractivity contribution in [3.05, 3.63) is 78.4 Å². The van der Waals surface area contributed by atoms with Gasteiger partial charge in [0.15, 0.2) is 0 Å². The molecule has 0 aromatic heterocycles. The van der Waals surface area contributed by atoms with Crippen LogP contribution in [0.2, 0.25) is 0 Å². The number of methoxy groups -OCH3 is 2. The number of hydrogen-bond acceptors (Lipinski definition) is 5. The van der Waals surface area contributed by atoms with E-state index < -0.39 is 15.9 Å². The molecule has 0 fully saturated rings. The molecule has 0 aliphatic rings. The Bertz CT molecular complexity index is 1110. The van der Waals surface area contributed by atoms with Crippen LogP contribution in [0.25, 0.3) is 0 Å². The first-order chi connectivity index (χ1) is 13.9. The third kappa shape index (κ3) is 4.85. The summed E-state index contributed by atoms with van der Waals surface area (Å²) in [5, 5.41) is 2.75. The molecular formula is C21H20N2O5S. The molecular weight excluding hydrogens is 392 g/mol. The summed E-state index contributed by atoms with van der Waals surface area (Å²) in [5.41, 5.74) is 1.04. The minimum Gasteiger partial charge on any atom is -0.497 e. The smallest absolute Gasteiger partial charge is 0.261 e. The molecule has 0 unspecified atom stereocenters.